The van der Waals surface area contributed by atoms with Crippen molar-refractivity contribution in [2.45, 2.75) is 82.1 Å². The fourth-order valence-electron chi connectivity index (χ4n) is 5.32. The molecule has 5 rings (SSSR count). The second-order valence-electron chi connectivity index (χ2n) is 11.3. The third-order valence-electron chi connectivity index (χ3n) is 8.12. The number of piperidine rings is 1. The van der Waals surface area contributed by atoms with Crippen LogP contribution in [0.15, 0.2) is 29.6 Å². The molecule has 12 heteroatoms. The Morgan fingerprint density at radius 1 is 1.12 bits per heavy atom. The molecule has 0 bridgehead atoms. The van der Waals surface area contributed by atoms with Crippen molar-refractivity contribution in [1.29, 1.82) is 0 Å². The van der Waals surface area contributed by atoms with E-state index in [0.717, 1.165) is 56.8 Å². The number of ether oxygens (including phenoxy) is 1. The van der Waals surface area contributed by atoms with Crippen molar-refractivity contribution in [2.75, 3.05) is 30.3 Å². The van der Waals surface area contributed by atoms with Crippen LogP contribution in [0.25, 0.3) is 0 Å². The van der Waals surface area contributed by atoms with Crippen LogP contribution in [0.1, 0.15) is 69.9 Å². The Labute approximate surface area is 247 Å². The molecule has 3 heterocycles. The third kappa shape index (κ3) is 6.47. The van der Waals surface area contributed by atoms with E-state index in [-0.39, 0.29) is 22.0 Å². The molecule has 2 aromatic heterocycles. The monoisotopic (exact) mass is 601 g/mol. The van der Waals surface area contributed by atoms with Gasteiger partial charge in [-0.1, -0.05) is 18.5 Å². The van der Waals surface area contributed by atoms with Crippen molar-refractivity contribution in [3.05, 3.63) is 40.7 Å². The number of anilines is 4. The predicted octanol–water partition coefficient (Wildman–Crippen LogP) is 5.97. The van der Waals surface area contributed by atoms with E-state index >= 15 is 0 Å². The summed E-state index contributed by atoms with van der Waals surface area (Å²) in [5, 5.41) is 10.2. The average molecular weight is 602 g/mol. The number of rotatable bonds is 10. The summed E-state index contributed by atoms with van der Waals surface area (Å²) in [5.74, 6) is 1.90. The zero-order chi connectivity index (χ0) is 29.3. The first kappa shape index (κ1) is 29.6. The molecule has 10 nitrogen and oxygen atoms in total. The highest BCUT2D eigenvalue weighted by molar-refractivity contribution is 7.92. The molecular weight excluding hydrogens is 562 g/mol. The van der Waals surface area contributed by atoms with Crippen LogP contribution in [0.4, 0.5) is 23.1 Å². The standard InChI is InChI=1S/C29H40ClN7O3S/c1-6-37-12-10-20(11-13-37)22-15-26(40-21-8-7-9-21)24(14-19(22)4)33-29-31-16-23(30)27(34-29)32-25-17-36(5)35-28(25)41(38,39)18(2)3/h14-18,20-21H,6-13H2,1-5H3,(H2,31,32,33,34). The van der Waals surface area contributed by atoms with Crippen LogP contribution in [-0.4, -0.2) is 64.1 Å². The summed E-state index contributed by atoms with van der Waals surface area (Å²) in [7, 11) is -1.96. The molecular formula is C29H40ClN7O3S. The minimum absolute atomic E-state index is 0.0497. The maximum atomic E-state index is 12.9. The summed E-state index contributed by atoms with van der Waals surface area (Å²) >= 11 is 6.44. The van der Waals surface area contributed by atoms with Crippen LogP contribution < -0.4 is 15.4 Å². The van der Waals surface area contributed by atoms with Gasteiger partial charge in [-0.2, -0.15) is 10.1 Å². The van der Waals surface area contributed by atoms with Gasteiger partial charge in [-0.15, -0.1) is 0 Å². The highest BCUT2D eigenvalue weighted by Gasteiger charge is 2.28. The Balaban J connectivity index is 1.43. The van der Waals surface area contributed by atoms with Gasteiger partial charge in [0.25, 0.3) is 0 Å². The van der Waals surface area contributed by atoms with Crippen LogP contribution in [0.2, 0.25) is 5.02 Å². The molecule has 1 saturated heterocycles. The molecule has 0 unspecified atom stereocenters. The van der Waals surface area contributed by atoms with E-state index in [1.165, 1.54) is 28.4 Å². The third-order valence-corrected chi connectivity index (χ3v) is 10.5. The number of likely N-dealkylation sites (tertiary alicyclic amines) is 1. The summed E-state index contributed by atoms with van der Waals surface area (Å²) < 4.78 is 33.7. The Hall–Kier alpha value is -2.89. The largest absolute Gasteiger partial charge is 0.488 e. The van der Waals surface area contributed by atoms with Gasteiger partial charge in [-0.3, -0.25) is 4.68 Å². The minimum atomic E-state index is -3.63. The number of sulfone groups is 1. The van der Waals surface area contributed by atoms with Crippen molar-refractivity contribution in [2.24, 2.45) is 7.05 Å². The molecule has 1 aromatic carbocycles. The molecule has 0 spiro atoms. The molecule has 222 valence electrons. The first-order chi connectivity index (χ1) is 19.5. The van der Waals surface area contributed by atoms with Crippen LogP contribution in [0.3, 0.4) is 0 Å². The molecule has 2 N–H and O–H groups in total. The number of aromatic nitrogens is 4. The van der Waals surface area contributed by atoms with Crippen LogP contribution in [-0.2, 0) is 16.9 Å². The van der Waals surface area contributed by atoms with Gasteiger partial charge < -0.3 is 20.3 Å². The van der Waals surface area contributed by atoms with E-state index in [9.17, 15) is 8.42 Å². The van der Waals surface area contributed by atoms with Crippen molar-refractivity contribution in [1.82, 2.24) is 24.6 Å². The lowest BCUT2D eigenvalue weighted by Gasteiger charge is -2.33. The van der Waals surface area contributed by atoms with Crippen molar-refractivity contribution < 1.29 is 13.2 Å². The number of benzene rings is 1. The lowest BCUT2D eigenvalue weighted by molar-refractivity contribution is 0.121. The molecule has 2 aliphatic rings. The van der Waals surface area contributed by atoms with Gasteiger partial charge in [0.1, 0.15) is 10.8 Å². The van der Waals surface area contributed by atoms with Gasteiger partial charge in [-0.25, -0.2) is 13.4 Å². The highest BCUT2D eigenvalue weighted by atomic mass is 35.5. The molecule has 0 radical (unpaired) electrons. The normalized spacial score (nSPS) is 17.0. The van der Waals surface area contributed by atoms with Gasteiger partial charge in [0, 0.05) is 13.2 Å². The quantitative estimate of drug-likeness (QED) is 0.290. The number of nitrogens with zero attached hydrogens (tertiary/aromatic N) is 5. The number of hydrogen-bond donors (Lipinski definition) is 2. The summed E-state index contributed by atoms with van der Waals surface area (Å²) in [5.41, 5.74) is 3.64. The van der Waals surface area contributed by atoms with Crippen LogP contribution in [0, 0.1) is 6.92 Å². The second-order valence-corrected chi connectivity index (χ2v) is 14.2. The zero-order valence-corrected chi connectivity index (χ0v) is 26.0. The van der Waals surface area contributed by atoms with Crippen LogP contribution in [0.5, 0.6) is 5.75 Å². The number of halogens is 1. The van der Waals surface area contributed by atoms with Gasteiger partial charge in [0.2, 0.25) is 20.8 Å². The average Bonchev–Trinajstić information content (AvgIpc) is 3.29. The minimum Gasteiger partial charge on any atom is -0.488 e. The second kappa shape index (κ2) is 12.1. The summed E-state index contributed by atoms with van der Waals surface area (Å²) in [4.78, 5) is 11.5. The molecule has 1 saturated carbocycles. The number of nitrogens with one attached hydrogen (secondary N) is 2. The Bertz CT molecular complexity index is 1500. The van der Waals surface area contributed by atoms with E-state index in [0.29, 0.717) is 17.6 Å². The molecule has 1 aliphatic carbocycles. The molecule has 0 atom stereocenters. The highest BCUT2D eigenvalue weighted by Crippen LogP contribution is 2.39. The predicted molar refractivity (Wildman–Crippen MR) is 163 cm³/mol. The van der Waals surface area contributed by atoms with E-state index in [4.69, 9.17) is 16.3 Å². The molecule has 3 aromatic rings. The smallest absolute Gasteiger partial charge is 0.229 e. The number of hydrogen-bond acceptors (Lipinski definition) is 9. The first-order valence-corrected chi connectivity index (χ1v) is 16.3. The van der Waals surface area contributed by atoms with Gasteiger partial charge >= 0.3 is 0 Å². The van der Waals surface area contributed by atoms with Crippen molar-refractivity contribution in [3.63, 3.8) is 0 Å². The van der Waals surface area contributed by atoms with E-state index in [1.54, 1.807) is 27.1 Å². The topological polar surface area (TPSA) is 114 Å². The first-order valence-electron chi connectivity index (χ1n) is 14.4. The van der Waals surface area contributed by atoms with Gasteiger partial charge in [0.05, 0.1) is 28.9 Å². The molecule has 0 amide bonds. The van der Waals surface area contributed by atoms with Crippen LogP contribution >= 0.6 is 11.6 Å². The summed E-state index contributed by atoms with van der Waals surface area (Å²) in [6.07, 6.45) is 8.86. The molecule has 1 aliphatic heterocycles. The Morgan fingerprint density at radius 2 is 1.85 bits per heavy atom. The summed E-state index contributed by atoms with van der Waals surface area (Å²) in [6.45, 7) is 10.9. The Morgan fingerprint density at radius 3 is 2.49 bits per heavy atom. The lowest BCUT2D eigenvalue weighted by atomic mass is 9.86. The van der Waals surface area contributed by atoms with E-state index in [1.807, 2.05) is 0 Å². The van der Waals surface area contributed by atoms with Gasteiger partial charge in [0.15, 0.2) is 5.82 Å². The van der Waals surface area contributed by atoms with Crippen molar-refractivity contribution >= 4 is 44.6 Å². The SMILES string of the molecule is CCN1CCC(c2cc(OC3CCC3)c(Nc3ncc(Cl)c(Nc4cn(C)nc4S(=O)(=O)C(C)C)n3)cc2C)CC1. The lowest BCUT2D eigenvalue weighted by Crippen LogP contribution is -2.32. The number of aryl methyl sites for hydroxylation is 2. The maximum Gasteiger partial charge on any atom is 0.229 e. The molecule has 2 fully saturated rings. The summed E-state index contributed by atoms with van der Waals surface area (Å²) in [6, 6.07) is 4.32. The molecule has 41 heavy (non-hydrogen) atoms. The fourth-order valence-corrected chi connectivity index (χ4v) is 6.56. The zero-order valence-electron chi connectivity index (χ0n) is 24.4. The fraction of sp³-hybridized carbons (Fsp3) is 0.552. The van der Waals surface area contributed by atoms with Crippen molar-refractivity contribution in [3.8, 4) is 5.75 Å². The van der Waals surface area contributed by atoms with Gasteiger partial charge in [-0.05, 0) is 102 Å². The Kier molecular flexibility index (Phi) is 8.77. The van der Waals surface area contributed by atoms with E-state index < -0.39 is 15.1 Å². The maximum absolute atomic E-state index is 12.9. The van der Waals surface area contributed by atoms with E-state index in [2.05, 4.69) is 56.6 Å².